The normalized spacial score (nSPS) is 13.1. The molecule has 1 heterocycles. The van der Waals surface area contributed by atoms with Crippen LogP contribution in [0.5, 0.6) is 0 Å². The smallest absolute Gasteiger partial charge is 0.321 e. The SMILES string of the molecule is CCCCC(NS(=O)(=O)Cc1cccc2cccnc12)C(=O)O. The number of rotatable bonds is 8. The summed E-state index contributed by atoms with van der Waals surface area (Å²) in [6.07, 6.45) is 3.33. The third-order valence-electron chi connectivity index (χ3n) is 3.53. The van der Waals surface area contributed by atoms with Crippen molar-refractivity contribution in [2.45, 2.75) is 38.0 Å². The Kier molecular flexibility index (Phi) is 5.68. The average Bonchev–Trinajstić information content (AvgIpc) is 2.51. The maximum absolute atomic E-state index is 12.3. The Morgan fingerprint density at radius 1 is 1.30 bits per heavy atom. The minimum Gasteiger partial charge on any atom is -0.480 e. The number of carboxylic acids is 1. The minimum absolute atomic E-state index is 0.277. The first-order chi connectivity index (χ1) is 10.9. The Balaban J connectivity index is 2.21. The number of carbonyl (C=O) groups is 1. The van der Waals surface area contributed by atoms with E-state index < -0.39 is 22.0 Å². The molecule has 0 saturated carbocycles. The summed E-state index contributed by atoms with van der Waals surface area (Å²) in [7, 11) is -3.77. The van der Waals surface area contributed by atoms with Gasteiger partial charge in [-0.15, -0.1) is 0 Å². The Bertz CT molecular complexity index is 784. The van der Waals surface area contributed by atoms with Crippen LogP contribution in [0.15, 0.2) is 36.5 Å². The first kappa shape index (κ1) is 17.4. The van der Waals surface area contributed by atoms with E-state index in [0.29, 0.717) is 17.5 Å². The number of carboxylic acid groups (broad SMARTS) is 1. The molecule has 0 bridgehead atoms. The van der Waals surface area contributed by atoms with Crippen LogP contribution in [-0.4, -0.2) is 30.5 Å². The van der Waals surface area contributed by atoms with Crippen molar-refractivity contribution in [3.05, 3.63) is 42.1 Å². The van der Waals surface area contributed by atoms with Crippen LogP contribution in [-0.2, 0) is 20.6 Å². The molecule has 0 aliphatic carbocycles. The number of aliphatic carboxylic acids is 1. The highest BCUT2D eigenvalue weighted by molar-refractivity contribution is 7.88. The number of pyridine rings is 1. The molecule has 6 nitrogen and oxygen atoms in total. The largest absolute Gasteiger partial charge is 0.480 e. The molecule has 7 heteroatoms. The number of benzene rings is 1. The minimum atomic E-state index is -3.77. The van der Waals surface area contributed by atoms with Gasteiger partial charge in [-0.1, -0.05) is 44.0 Å². The number of hydrogen-bond acceptors (Lipinski definition) is 4. The van der Waals surface area contributed by atoms with E-state index >= 15 is 0 Å². The molecule has 1 aromatic heterocycles. The second kappa shape index (κ2) is 7.52. The Labute approximate surface area is 135 Å². The lowest BCUT2D eigenvalue weighted by Gasteiger charge is -2.15. The zero-order valence-corrected chi connectivity index (χ0v) is 13.7. The average molecular weight is 336 g/mol. The zero-order chi connectivity index (χ0) is 16.9. The van der Waals surface area contributed by atoms with E-state index in [-0.39, 0.29) is 12.2 Å². The van der Waals surface area contributed by atoms with Gasteiger partial charge in [0, 0.05) is 11.6 Å². The lowest BCUT2D eigenvalue weighted by atomic mass is 10.1. The van der Waals surface area contributed by atoms with Gasteiger partial charge < -0.3 is 5.11 Å². The summed E-state index contributed by atoms with van der Waals surface area (Å²) in [4.78, 5) is 15.4. The molecule has 0 aliphatic rings. The van der Waals surface area contributed by atoms with Crippen LogP contribution < -0.4 is 4.72 Å². The topological polar surface area (TPSA) is 96.4 Å². The van der Waals surface area contributed by atoms with Crippen LogP contribution in [0, 0.1) is 0 Å². The number of para-hydroxylation sites is 1. The van der Waals surface area contributed by atoms with Gasteiger partial charge in [-0.05, 0) is 18.1 Å². The van der Waals surface area contributed by atoms with Gasteiger partial charge in [0.2, 0.25) is 10.0 Å². The molecule has 0 amide bonds. The molecule has 0 fully saturated rings. The maximum atomic E-state index is 12.3. The quantitative estimate of drug-likeness (QED) is 0.771. The van der Waals surface area contributed by atoms with Crippen LogP contribution in [0.2, 0.25) is 0 Å². The van der Waals surface area contributed by atoms with E-state index in [9.17, 15) is 13.2 Å². The van der Waals surface area contributed by atoms with Crippen molar-refractivity contribution in [1.29, 1.82) is 0 Å². The summed E-state index contributed by atoms with van der Waals surface area (Å²) in [5.41, 5.74) is 1.16. The third-order valence-corrected chi connectivity index (χ3v) is 4.86. The van der Waals surface area contributed by atoms with Crippen molar-refractivity contribution < 1.29 is 18.3 Å². The molecule has 23 heavy (non-hydrogen) atoms. The number of nitrogens with zero attached hydrogens (tertiary/aromatic N) is 1. The number of aromatic nitrogens is 1. The number of nitrogens with one attached hydrogen (secondary N) is 1. The number of unbranched alkanes of at least 4 members (excludes halogenated alkanes) is 1. The summed E-state index contributed by atoms with van der Waals surface area (Å²) < 4.78 is 26.9. The van der Waals surface area contributed by atoms with E-state index in [0.717, 1.165) is 11.8 Å². The lowest BCUT2D eigenvalue weighted by Crippen LogP contribution is -2.41. The van der Waals surface area contributed by atoms with E-state index in [1.54, 1.807) is 24.4 Å². The van der Waals surface area contributed by atoms with Crippen molar-refractivity contribution in [3.8, 4) is 0 Å². The summed E-state index contributed by atoms with van der Waals surface area (Å²) in [5.74, 6) is -1.45. The van der Waals surface area contributed by atoms with Crippen LogP contribution in [0.1, 0.15) is 31.7 Å². The molecule has 0 spiro atoms. The highest BCUT2D eigenvalue weighted by atomic mass is 32.2. The van der Waals surface area contributed by atoms with Gasteiger partial charge in [0.05, 0.1) is 11.3 Å². The predicted octanol–water partition coefficient (Wildman–Crippen LogP) is 2.30. The van der Waals surface area contributed by atoms with E-state index in [1.807, 2.05) is 19.1 Å². The van der Waals surface area contributed by atoms with E-state index in [4.69, 9.17) is 5.11 Å². The third kappa shape index (κ3) is 4.74. The molecule has 1 atom stereocenters. The molecule has 2 aromatic rings. The van der Waals surface area contributed by atoms with Crippen LogP contribution >= 0.6 is 0 Å². The highest BCUT2D eigenvalue weighted by Gasteiger charge is 2.24. The fourth-order valence-corrected chi connectivity index (χ4v) is 3.77. The highest BCUT2D eigenvalue weighted by Crippen LogP contribution is 2.18. The second-order valence-corrected chi connectivity index (χ2v) is 7.16. The first-order valence-corrected chi connectivity index (χ1v) is 9.13. The Morgan fingerprint density at radius 3 is 2.74 bits per heavy atom. The van der Waals surface area contributed by atoms with Crippen molar-refractivity contribution in [2.24, 2.45) is 0 Å². The molecular formula is C16H20N2O4S. The number of fused-ring (bicyclic) bond motifs is 1. The molecule has 2 rings (SSSR count). The standard InChI is InChI=1S/C16H20N2O4S/c1-2-3-9-14(16(19)20)18-23(21,22)11-13-7-4-6-12-8-5-10-17-15(12)13/h4-8,10,14,18H,2-3,9,11H2,1H3,(H,19,20). The summed E-state index contributed by atoms with van der Waals surface area (Å²) in [5, 5.41) is 10.0. The molecule has 2 N–H and O–H groups in total. The number of sulfonamides is 1. The van der Waals surface area contributed by atoms with Gasteiger partial charge in [-0.3, -0.25) is 9.78 Å². The Morgan fingerprint density at radius 2 is 2.04 bits per heavy atom. The van der Waals surface area contributed by atoms with Gasteiger partial charge in [0.25, 0.3) is 0 Å². The summed E-state index contributed by atoms with van der Waals surface area (Å²) >= 11 is 0. The number of hydrogen-bond donors (Lipinski definition) is 2. The van der Waals surface area contributed by atoms with Gasteiger partial charge in [0.1, 0.15) is 6.04 Å². The monoisotopic (exact) mass is 336 g/mol. The second-order valence-electron chi connectivity index (χ2n) is 5.40. The van der Waals surface area contributed by atoms with Gasteiger partial charge in [-0.25, -0.2) is 13.1 Å². The van der Waals surface area contributed by atoms with Gasteiger partial charge >= 0.3 is 5.97 Å². The maximum Gasteiger partial charge on any atom is 0.321 e. The molecule has 0 radical (unpaired) electrons. The molecule has 0 saturated heterocycles. The Hall–Kier alpha value is -1.99. The van der Waals surface area contributed by atoms with Crippen LogP contribution in [0.25, 0.3) is 10.9 Å². The van der Waals surface area contributed by atoms with Crippen molar-refractivity contribution >= 4 is 26.9 Å². The summed E-state index contributed by atoms with van der Waals surface area (Å²) in [6.45, 7) is 1.93. The lowest BCUT2D eigenvalue weighted by molar-refractivity contribution is -0.139. The molecule has 0 aliphatic heterocycles. The van der Waals surface area contributed by atoms with Crippen molar-refractivity contribution in [3.63, 3.8) is 0 Å². The van der Waals surface area contributed by atoms with E-state index in [1.165, 1.54) is 0 Å². The zero-order valence-electron chi connectivity index (χ0n) is 12.9. The predicted molar refractivity (Wildman–Crippen MR) is 88.5 cm³/mol. The van der Waals surface area contributed by atoms with Gasteiger partial charge in [0.15, 0.2) is 0 Å². The molecule has 1 unspecified atom stereocenters. The summed E-state index contributed by atoms with van der Waals surface area (Å²) in [6, 6.07) is 7.85. The van der Waals surface area contributed by atoms with Crippen LogP contribution in [0.3, 0.4) is 0 Å². The van der Waals surface area contributed by atoms with Crippen molar-refractivity contribution in [2.75, 3.05) is 0 Å². The molecule has 124 valence electrons. The van der Waals surface area contributed by atoms with E-state index in [2.05, 4.69) is 9.71 Å². The fraction of sp³-hybridized carbons (Fsp3) is 0.375. The fourth-order valence-electron chi connectivity index (χ4n) is 2.39. The van der Waals surface area contributed by atoms with Gasteiger partial charge in [-0.2, -0.15) is 0 Å². The molecule has 1 aromatic carbocycles. The first-order valence-electron chi connectivity index (χ1n) is 7.48. The molecular weight excluding hydrogens is 316 g/mol. The van der Waals surface area contributed by atoms with Crippen molar-refractivity contribution in [1.82, 2.24) is 9.71 Å². The van der Waals surface area contributed by atoms with Crippen LogP contribution in [0.4, 0.5) is 0 Å².